The highest BCUT2D eigenvalue weighted by atomic mass is 16.6. The van der Waals surface area contributed by atoms with E-state index in [0.717, 1.165) is 11.3 Å². The molecule has 0 radical (unpaired) electrons. The molecule has 29 heavy (non-hydrogen) atoms. The van der Waals surface area contributed by atoms with Crippen LogP contribution in [0.5, 0.6) is 17.2 Å². The summed E-state index contributed by atoms with van der Waals surface area (Å²) in [4.78, 5) is 24.2. The standard InChI is InChI=1S/C23H29NO5/c1-15-7-10-19(14-20(15)27-6)28-18-11-8-17(9-12-18)24-22(26)16(2)13-21(25)29-23(3,4)5/h7-12,14,16H,13H2,1-6H3,(H,24,26)/t16-/m0/s1. The first-order valence-corrected chi connectivity index (χ1v) is 9.52. The molecule has 156 valence electrons. The van der Waals surface area contributed by atoms with Gasteiger partial charge in [-0.2, -0.15) is 0 Å². The molecule has 0 aliphatic carbocycles. The summed E-state index contributed by atoms with van der Waals surface area (Å²) in [5, 5.41) is 2.80. The summed E-state index contributed by atoms with van der Waals surface area (Å²) in [5.74, 6) is 0.919. The van der Waals surface area contributed by atoms with E-state index in [4.69, 9.17) is 14.2 Å². The maximum Gasteiger partial charge on any atom is 0.307 e. The summed E-state index contributed by atoms with van der Waals surface area (Å²) in [6.07, 6.45) is 0.0273. The summed E-state index contributed by atoms with van der Waals surface area (Å²) >= 11 is 0. The fourth-order valence-corrected chi connectivity index (χ4v) is 2.60. The molecule has 1 N–H and O–H groups in total. The van der Waals surface area contributed by atoms with Crippen LogP contribution in [-0.2, 0) is 14.3 Å². The van der Waals surface area contributed by atoms with Gasteiger partial charge in [0.2, 0.25) is 5.91 Å². The number of methoxy groups -OCH3 is 1. The molecule has 0 unspecified atom stereocenters. The van der Waals surface area contributed by atoms with Crippen LogP contribution in [0.1, 0.15) is 39.7 Å². The van der Waals surface area contributed by atoms with Crippen LogP contribution in [0.3, 0.4) is 0 Å². The summed E-state index contributed by atoms with van der Waals surface area (Å²) in [7, 11) is 1.62. The Morgan fingerprint density at radius 2 is 1.66 bits per heavy atom. The molecular weight excluding hydrogens is 370 g/mol. The lowest BCUT2D eigenvalue weighted by Crippen LogP contribution is -2.28. The SMILES string of the molecule is COc1cc(Oc2ccc(NC(=O)[C@@H](C)CC(=O)OC(C)(C)C)cc2)ccc1C. The summed E-state index contributed by atoms with van der Waals surface area (Å²) in [6, 6.07) is 12.6. The molecule has 0 saturated heterocycles. The zero-order valence-corrected chi connectivity index (χ0v) is 17.9. The van der Waals surface area contributed by atoms with Gasteiger partial charge in [-0.1, -0.05) is 13.0 Å². The molecule has 0 aliphatic rings. The number of nitrogens with one attached hydrogen (secondary N) is 1. The van der Waals surface area contributed by atoms with Crippen molar-refractivity contribution in [1.82, 2.24) is 0 Å². The quantitative estimate of drug-likeness (QED) is 0.656. The molecule has 6 heteroatoms. The van der Waals surface area contributed by atoms with Crippen LogP contribution in [0.25, 0.3) is 0 Å². The topological polar surface area (TPSA) is 73.9 Å². The minimum Gasteiger partial charge on any atom is -0.496 e. The molecule has 0 bridgehead atoms. The Morgan fingerprint density at radius 3 is 2.24 bits per heavy atom. The van der Waals surface area contributed by atoms with Crippen molar-refractivity contribution in [3.05, 3.63) is 48.0 Å². The van der Waals surface area contributed by atoms with Crippen LogP contribution in [-0.4, -0.2) is 24.6 Å². The summed E-state index contributed by atoms with van der Waals surface area (Å²) in [6.45, 7) is 9.05. The highest BCUT2D eigenvalue weighted by Crippen LogP contribution is 2.28. The van der Waals surface area contributed by atoms with Crippen LogP contribution in [0.4, 0.5) is 5.69 Å². The molecule has 0 fully saturated rings. The molecular formula is C23H29NO5. The highest BCUT2D eigenvalue weighted by molar-refractivity contribution is 5.94. The lowest BCUT2D eigenvalue weighted by molar-refractivity contribution is -0.156. The fourth-order valence-electron chi connectivity index (χ4n) is 2.60. The van der Waals surface area contributed by atoms with E-state index in [0.29, 0.717) is 17.2 Å². The van der Waals surface area contributed by atoms with Gasteiger partial charge in [0.05, 0.1) is 13.5 Å². The Kier molecular flexibility index (Phi) is 7.26. The van der Waals surface area contributed by atoms with E-state index in [1.54, 1.807) is 59.1 Å². The van der Waals surface area contributed by atoms with Gasteiger partial charge in [-0.05, 0) is 63.6 Å². The van der Waals surface area contributed by atoms with E-state index in [2.05, 4.69) is 5.32 Å². The Bertz CT molecular complexity index is 853. The normalized spacial score (nSPS) is 12.1. The average molecular weight is 399 g/mol. The maximum absolute atomic E-state index is 12.3. The molecule has 0 spiro atoms. The van der Waals surface area contributed by atoms with Crippen molar-refractivity contribution < 1.29 is 23.8 Å². The van der Waals surface area contributed by atoms with Gasteiger partial charge < -0.3 is 19.5 Å². The smallest absolute Gasteiger partial charge is 0.307 e. The van der Waals surface area contributed by atoms with Crippen LogP contribution >= 0.6 is 0 Å². The molecule has 6 nitrogen and oxygen atoms in total. The molecule has 0 aromatic heterocycles. The van der Waals surface area contributed by atoms with Crippen molar-refractivity contribution >= 4 is 17.6 Å². The number of amides is 1. The number of carbonyl (C=O) groups excluding carboxylic acids is 2. The van der Waals surface area contributed by atoms with E-state index >= 15 is 0 Å². The second kappa shape index (κ2) is 9.45. The summed E-state index contributed by atoms with van der Waals surface area (Å²) < 4.78 is 16.4. The van der Waals surface area contributed by atoms with Crippen molar-refractivity contribution in [2.45, 2.75) is 46.6 Å². The number of esters is 1. The number of carbonyl (C=O) groups is 2. The number of rotatable bonds is 7. The third-order valence-electron chi connectivity index (χ3n) is 4.08. The van der Waals surface area contributed by atoms with Crippen molar-refractivity contribution in [3.63, 3.8) is 0 Å². The number of hydrogen-bond acceptors (Lipinski definition) is 5. The van der Waals surface area contributed by atoms with Crippen LogP contribution in [0.15, 0.2) is 42.5 Å². The van der Waals surface area contributed by atoms with E-state index in [-0.39, 0.29) is 12.3 Å². The van der Waals surface area contributed by atoms with Gasteiger partial charge in [0.1, 0.15) is 22.8 Å². The van der Waals surface area contributed by atoms with Gasteiger partial charge in [-0.3, -0.25) is 9.59 Å². The Morgan fingerprint density at radius 1 is 1.03 bits per heavy atom. The van der Waals surface area contributed by atoms with Gasteiger partial charge in [0, 0.05) is 17.7 Å². The maximum atomic E-state index is 12.3. The average Bonchev–Trinajstić information content (AvgIpc) is 2.63. The molecule has 0 aliphatic heterocycles. The second-order valence-electron chi connectivity index (χ2n) is 7.94. The van der Waals surface area contributed by atoms with Gasteiger partial charge in [0.25, 0.3) is 0 Å². The molecule has 2 aromatic carbocycles. The minimum absolute atomic E-state index is 0.0273. The van der Waals surface area contributed by atoms with E-state index in [1.807, 2.05) is 25.1 Å². The van der Waals surface area contributed by atoms with Gasteiger partial charge in [0.15, 0.2) is 0 Å². The van der Waals surface area contributed by atoms with E-state index in [9.17, 15) is 9.59 Å². The predicted molar refractivity (Wildman–Crippen MR) is 113 cm³/mol. The van der Waals surface area contributed by atoms with Crippen LogP contribution in [0.2, 0.25) is 0 Å². The largest absolute Gasteiger partial charge is 0.496 e. The Labute approximate surface area is 172 Å². The van der Waals surface area contributed by atoms with Crippen LogP contribution in [0, 0.1) is 12.8 Å². The molecule has 2 aromatic rings. The van der Waals surface area contributed by atoms with Gasteiger partial charge >= 0.3 is 5.97 Å². The minimum atomic E-state index is -0.565. The summed E-state index contributed by atoms with van der Waals surface area (Å²) in [5.41, 5.74) is 1.09. The first-order chi connectivity index (χ1) is 13.6. The number of anilines is 1. The van der Waals surface area contributed by atoms with E-state index < -0.39 is 17.5 Å². The number of ether oxygens (including phenoxy) is 3. The van der Waals surface area contributed by atoms with Gasteiger partial charge in [-0.25, -0.2) is 0 Å². The van der Waals surface area contributed by atoms with Crippen molar-refractivity contribution in [3.8, 4) is 17.2 Å². The first-order valence-electron chi connectivity index (χ1n) is 9.52. The fraction of sp³-hybridized carbons (Fsp3) is 0.391. The van der Waals surface area contributed by atoms with Crippen molar-refractivity contribution in [2.24, 2.45) is 5.92 Å². The molecule has 1 amide bonds. The number of hydrogen-bond donors (Lipinski definition) is 1. The first kappa shape index (κ1) is 22.3. The van der Waals surface area contributed by atoms with Crippen LogP contribution < -0.4 is 14.8 Å². The highest BCUT2D eigenvalue weighted by Gasteiger charge is 2.22. The molecule has 1 atom stereocenters. The molecule has 2 rings (SSSR count). The molecule has 0 saturated carbocycles. The number of aryl methyl sites for hydroxylation is 1. The second-order valence-corrected chi connectivity index (χ2v) is 7.94. The Balaban J connectivity index is 1.93. The zero-order chi connectivity index (χ0) is 21.6. The lowest BCUT2D eigenvalue weighted by atomic mass is 10.1. The lowest BCUT2D eigenvalue weighted by Gasteiger charge is -2.20. The third kappa shape index (κ3) is 7.14. The number of benzene rings is 2. The van der Waals surface area contributed by atoms with Crippen molar-refractivity contribution in [1.29, 1.82) is 0 Å². The predicted octanol–water partition coefficient (Wildman–Crippen LogP) is 5.10. The van der Waals surface area contributed by atoms with E-state index in [1.165, 1.54) is 0 Å². The monoisotopic (exact) mass is 399 g/mol. The Hall–Kier alpha value is -3.02. The van der Waals surface area contributed by atoms with Crippen molar-refractivity contribution in [2.75, 3.05) is 12.4 Å². The zero-order valence-electron chi connectivity index (χ0n) is 17.9. The molecule has 0 heterocycles. The van der Waals surface area contributed by atoms with Gasteiger partial charge in [-0.15, -0.1) is 0 Å². The third-order valence-corrected chi connectivity index (χ3v) is 4.08.